The quantitative estimate of drug-likeness (QED) is 0.738. The Morgan fingerprint density at radius 1 is 1.24 bits per heavy atom. The van der Waals surface area contributed by atoms with Crippen LogP contribution < -0.4 is 4.74 Å². The number of nitrogens with zero attached hydrogens (tertiary/aromatic N) is 2. The number of benzene rings is 2. The zero-order chi connectivity index (χ0) is 23.0. The lowest BCUT2D eigenvalue weighted by Gasteiger charge is -2.64. The van der Waals surface area contributed by atoms with Crippen molar-refractivity contribution in [3.63, 3.8) is 0 Å². The smallest absolute Gasteiger partial charge is 0.246 e. The van der Waals surface area contributed by atoms with E-state index in [1.54, 1.807) is 6.08 Å². The third-order valence-electron chi connectivity index (χ3n) is 8.90. The van der Waals surface area contributed by atoms with Crippen LogP contribution in [0, 0.1) is 6.92 Å². The standard InChI is InChI=1S/C28H32N2O3/c1-18-6-4-7-19(16-18)10-11-24(31)30(3)21-12-13-28(32)23-17-20-8-5-9-22-25(20)27(28,26(21)33-22)14-15-29(23)2/h4-11,16,21,23,26,32H,12-15,17H2,1-3H3/b11-10+/t21?,23-,26?,27+,28-/m1/s1. The van der Waals surface area contributed by atoms with Crippen LogP contribution in [-0.2, 0) is 16.6 Å². The molecule has 2 aromatic carbocycles. The van der Waals surface area contributed by atoms with Gasteiger partial charge in [0.05, 0.1) is 17.1 Å². The van der Waals surface area contributed by atoms with Gasteiger partial charge in [-0.1, -0.05) is 42.0 Å². The minimum atomic E-state index is -0.831. The molecule has 2 unspecified atom stereocenters. The molecule has 1 saturated heterocycles. The molecule has 5 nitrogen and oxygen atoms in total. The highest BCUT2D eigenvalue weighted by molar-refractivity contribution is 5.92. The third-order valence-corrected chi connectivity index (χ3v) is 8.90. The Morgan fingerprint density at radius 2 is 2.06 bits per heavy atom. The van der Waals surface area contributed by atoms with E-state index in [1.807, 2.05) is 36.2 Å². The molecule has 5 heteroatoms. The number of likely N-dealkylation sites (N-methyl/N-ethyl adjacent to an activating group) is 2. The summed E-state index contributed by atoms with van der Waals surface area (Å²) in [7, 11) is 4.02. The van der Waals surface area contributed by atoms with E-state index in [-0.39, 0.29) is 24.1 Å². The van der Waals surface area contributed by atoms with E-state index in [1.165, 1.54) is 16.7 Å². The molecule has 1 amide bonds. The number of hydrogen-bond donors (Lipinski definition) is 1. The first-order valence-electron chi connectivity index (χ1n) is 12.1. The summed E-state index contributed by atoms with van der Waals surface area (Å²) in [5.74, 6) is 0.880. The minimum Gasteiger partial charge on any atom is -0.487 e. The Bertz CT molecular complexity index is 1160. The molecule has 5 atom stereocenters. The molecule has 1 spiro atoms. The van der Waals surface area contributed by atoms with Crippen molar-refractivity contribution < 1.29 is 14.6 Å². The lowest BCUT2D eigenvalue weighted by molar-refractivity contribution is -0.195. The summed E-state index contributed by atoms with van der Waals surface area (Å²) < 4.78 is 6.64. The number of piperidine rings is 1. The second-order valence-electron chi connectivity index (χ2n) is 10.5. The second-order valence-corrected chi connectivity index (χ2v) is 10.5. The first-order chi connectivity index (χ1) is 15.8. The first-order valence-corrected chi connectivity index (χ1v) is 12.1. The molecule has 33 heavy (non-hydrogen) atoms. The van der Waals surface area contributed by atoms with Gasteiger partial charge < -0.3 is 19.6 Å². The van der Waals surface area contributed by atoms with Crippen LogP contribution in [0.1, 0.15) is 41.5 Å². The van der Waals surface area contributed by atoms with Gasteiger partial charge >= 0.3 is 0 Å². The summed E-state index contributed by atoms with van der Waals surface area (Å²) in [6.07, 6.45) is 6.44. The van der Waals surface area contributed by atoms with Crippen molar-refractivity contribution in [1.82, 2.24) is 9.80 Å². The summed E-state index contributed by atoms with van der Waals surface area (Å²) in [4.78, 5) is 17.4. The van der Waals surface area contributed by atoms with E-state index in [9.17, 15) is 9.90 Å². The first kappa shape index (κ1) is 20.9. The largest absolute Gasteiger partial charge is 0.487 e. The van der Waals surface area contributed by atoms with Gasteiger partial charge in [-0.15, -0.1) is 0 Å². The van der Waals surface area contributed by atoms with Crippen LogP contribution in [0.5, 0.6) is 5.75 Å². The average molecular weight is 445 g/mol. The number of carbonyl (C=O) groups is 1. The van der Waals surface area contributed by atoms with Crippen LogP contribution in [0.15, 0.2) is 48.5 Å². The summed E-state index contributed by atoms with van der Waals surface area (Å²) in [5.41, 5.74) is 3.42. The van der Waals surface area contributed by atoms with Gasteiger partial charge in [0.15, 0.2) is 0 Å². The lowest BCUT2D eigenvalue weighted by Crippen LogP contribution is -2.77. The van der Waals surface area contributed by atoms with E-state index in [0.717, 1.165) is 37.1 Å². The van der Waals surface area contributed by atoms with Crippen molar-refractivity contribution in [3.8, 4) is 5.75 Å². The van der Waals surface area contributed by atoms with Crippen LogP contribution in [-0.4, -0.2) is 65.2 Å². The van der Waals surface area contributed by atoms with Gasteiger partial charge in [0, 0.05) is 24.7 Å². The molecule has 1 N–H and O–H groups in total. The molecule has 0 aromatic heterocycles. The topological polar surface area (TPSA) is 53.0 Å². The van der Waals surface area contributed by atoms with Gasteiger partial charge in [-0.25, -0.2) is 0 Å². The van der Waals surface area contributed by atoms with Crippen LogP contribution in [0.25, 0.3) is 6.08 Å². The van der Waals surface area contributed by atoms with E-state index >= 15 is 0 Å². The third kappa shape index (κ3) is 2.75. The van der Waals surface area contributed by atoms with Gasteiger partial charge in [0.2, 0.25) is 5.91 Å². The Hall–Kier alpha value is -2.63. The molecule has 0 radical (unpaired) electrons. The summed E-state index contributed by atoms with van der Waals surface area (Å²) >= 11 is 0. The Kier molecular flexibility index (Phi) is 4.56. The molecule has 4 aliphatic rings. The lowest BCUT2D eigenvalue weighted by atomic mass is 9.48. The maximum Gasteiger partial charge on any atom is 0.246 e. The Morgan fingerprint density at radius 3 is 2.88 bits per heavy atom. The number of aryl methyl sites for hydroxylation is 1. The molecular weight excluding hydrogens is 412 g/mol. The monoisotopic (exact) mass is 444 g/mol. The fourth-order valence-corrected chi connectivity index (χ4v) is 7.32. The highest BCUT2D eigenvalue weighted by atomic mass is 16.5. The highest BCUT2D eigenvalue weighted by Gasteiger charge is 2.72. The van der Waals surface area contributed by atoms with Crippen LogP contribution in [0.4, 0.5) is 0 Å². The van der Waals surface area contributed by atoms with Crippen molar-refractivity contribution in [2.45, 2.75) is 61.8 Å². The highest BCUT2D eigenvalue weighted by Crippen LogP contribution is 2.64. The minimum absolute atomic E-state index is 0.0246. The summed E-state index contributed by atoms with van der Waals surface area (Å²) in [6, 6.07) is 14.4. The molecule has 172 valence electrons. The van der Waals surface area contributed by atoms with Crippen molar-refractivity contribution >= 4 is 12.0 Å². The summed E-state index contributed by atoms with van der Waals surface area (Å²) in [6.45, 7) is 2.98. The average Bonchev–Trinajstić information content (AvgIpc) is 3.14. The molecular formula is C28H32N2O3. The normalized spacial score (nSPS) is 34.1. The van der Waals surface area contributed by atoms with E-state index in [0.29, 0.717) is 6.42 Å². The van der Waals surface area contributed by atoms with E-state index in [2.05, 4.69) is 43.1 Å². The summed E-state index contributed by atoms with van der Waals surface area (Å²) in [5, 5.41) is 12.3. The number of hydrogen-bond acceptors (Lipinski definition) is 4. The van der Waals surface area contributed by atoms with Crippen molar-refractivity contribution in [2.75, 3.05) is 20.6 Å². The van der Waals surface area contributed by atoms with E-state index < -0.39 is 11.0 Å². The fourth-order valence-electron chi connectivity index (χ4n) is 7.32. The zero-order valence-corrected chi connectivity index (χ0v) is 19.6. The number of aliphatic hydroxyl groups is 1. The van der Waals surface area contributed by atoms with E-state index in [4.69, 9.17) is 4.74 Å². The predicted octanol–water partition coefficient (Wildman–Crippen LogP) is 3.32. The molecule has 2 fully saturated rings. The Labute approximate surface area is 195 Å². The predicted molar refractivity (Wildman–Crippen MR) is 128 cm³/mol. The van der Waals surface area contributed by atoms with Crippen molar-refractivity contribution in [3.05, 3.63) is 70.8 Å². The molecule has 1 saturated carbocycles. The molecule has 2 aromatic rings. The van der Waals surface area contributed by atoms with Crippen LogP contribution in [0.3, 0.4) is 0 Å². The van der Waals surface area contributed by atoms with Gasteiger partial charge in [-0.2, -0.15) is 0 Å². The number of rotatable bonds is 3. The SMILES string of the molecule is Cc1cccc(/C=C/C(=O)N(C)C2CC[C@@]3(O)[C@H]4Cc5cccc6c5[C@@]3(CCN4C)C2O6)c1. The van der Waals surface area contributed by atoms with Gasteiger partial charge in [-0.05, 0) is 69.5 Å². The molecule has 2 aliphatic heterocycles. The number of likely N-dealkylation sites (tertiary alicyclic amines) is 1. The second kappa shape index (κ2) is 7.18. The number of carbonyl (C=O) groups excluding carboxylic acids is 1. The maximum absolute atomic E-state index is 13.2. The molecule has 6 rings (SSSR count). The zero-order valence-electron chi connectivity index (χ0n) is 19.6. The molecule has 2 bridgehead atoms. The fraction of sp³-hybridized carbons (Fsp3) is 0.464. The molecule has 2 aliphatic carbocycles. The van der Waals surface area contributed by atoms with Gasteiger partial charge in [-0.3, -0.25) is 4.79 Å². The maximum atomic E-state index is 13.2. The van der Waals surface area contributed by atoms with Crippen molar-refractivity contribution in [2.24, 2.45) is 0 Å². The number of ether oxygens (including phenoxy) is 1. The van der Waals surface area contributed by atoms with Crippen LogP contribution >= 0.6 is 0 Å². The molecule has 2 heterocycles. The Balaban J connectivity index is 1.36. The van der Waals surface area contributed by atoms with Crippen molar-refractivity contribution in [1.29, 1.82) is 0 Å². The van der Waals surface area contributed by atoms with Gasteiger partial charge in [0.25, 0.3) is 0 Å². The van der Waals surface area contributed by atoms with Crippen LogP contribution in [0.2, 0.25) is 0 Å². The number of amides is 1. The van der Waals surface area contributed by atoms with Gasteiger partial charge in [0.1, 0.15) is 11.9 Å².